The van der Waals surface area contributed by atoms with Crippen LogP contribution in [0.25, 0.3) is 0 Å². The minimum Gasteiger partial charge on any atom is -0.369 e. The Kier molecular flexibility index (Phi) is 5.25. The van der Waals surface area contributed by atoms with Crippen molar-refractivity contribution in [2.24, 2.45) is 0 Å². The molecule has 2 heterocycles. The number of rotatable bonds is 5. The first-order valence-corrected chi connectivity index (χ1v) is 8.86. The molecule has 1 aliphatic rings. The van der Waals surface area contributed by atoms with Crippen molar-refractivity contribution >= 4 is 33.8 Å². The summed E-state index contributed by atoms with van der Waals surface area (Å²) in [6, 6.07) is 6.40. The third-order valence-corrected chi connectivity index (χ3v) is 5.00. The number of nitrogens with one attached hydrogen (secondary N) is 1. The van der Waals surface area contributed by atoms with Crippen LogP contribution in [0.4, 0.5) is 16.5 Å². The molecule has 1 aliphatic heterocycles. The first-order chi connectivity index (χ1) is 12.0. The molecule has 0 aliphatic carbocycles. The summed E-state index contributed by atoms with van der Waals surface area (Å²) in [6.45, 7) is 4.75. The van der Waals surface area contributed by atoms with Crippen molar-refractivity contribution in [3.05, 3.63) is 46.0 Å². The lowest BCUT2D eigenvalue weighted by Gasteiger charge is -2.38. The zero-order valence-electron chi connectivity index (χ0n) is 13.8. The van der Waals surface area contributed by atoms with E-state index in [2.05, 4.69) is 20.1 Å². The zero-order chi connectivity index (χ0) is 17.8. The van der Waals surface area contributed by atoms with Gasteiger partial charge in [-0.15, -0.1) is 11.3 Å². The topological polar surface area (TPSA) is 91.6 Å². The lowest BCUT2D eigenvalue weighted by atomic mass is 10.2. The maximum Gasteiger partial charge on any atom is 0.271 e. The molecular weight excluding hydrogens is 342 g/mol. The van der Waals surface area contributed by atoms with Gasteiger partial charge in [0.2, 0.25) is 5.91 Å². The third-order valence-electron chi connectivity index (χ3n) is 4.31. The summed E-state index contributed by atoms with van der Waals surface area (Å²) < 4.78 is 0. The van der Waals surface area contributed by atoms with E-state index < -0.39 is 0 Å². The van der Waals surface area contributed by atoms with E-state index >= 15 is 0 Å². The van der Waals surface area contributed by atoms with Gasteiger partial charge in [0.05, 0.1) is 11.0 Å². The normalized spacial score (nSPS) is 16.4. The Balaban J connectivity index is 1.57. The second-order valence-electron chi connectivity index (χ2n) is 5.80. The number of thiazole rings is 1. The van der Waals surface area contributed by atoms with Gasteiger partial charge in [-0.2, -0.15) is 0 Å². The first kappa shape index (κ1) is 17.3. The molecule has 1 fully saturated rings. The highest BCUT2D eigenvalue weighted by molar-refractivity contribution is 7.13. The van der Waals surface area contributed by atoms with Crippen molar-refractivity contribution in [1.82, 2.24) is 9.88 Å². The molecule has 0 bridgehead atoms. The van der Waals surface area contributed by atoms with Crippen molar-refractivity contribution in [2.75, 3.05) is 36.4 Å². The van der Waals surface area contributed by atoms with Gasteiger partial charge < -0.3 is 10.2 Å². The highest BCUT2D eigenvalue weighted by atomic mass is 32.1. The van der Waals surface area contributed by atoms with E-state index in [4.69, 9.17) is 0 Å². The van der Waals surface area contributed by atoms with Crippen molar-refractivity contribution < 1.29 is 9.72 Å². The van der Waals surface area contributed by atoms with Crippen LogP contribution in [0, 0.1) is 10.1 Å². The standard InChI is InChI=1S/C16H19N5O3S/c1-12(15(22)18-16-17-5-10-25-16)19-6-8-20(9-7-19)13-3-2-4-14(11-13)21(23)24/h2-5,10-12H,6-9H2,1H3,(H,17,18,22)/t12-/m0/s1. The number of non-ortho nitro benzene ring substituents is 1. The molecule has 0 saturated carbocycles. The monoisotopic (exact) mass is 361 g/mol. The summed E-state index contributed by atoms with van der Waals surface area (Å²) in [5.74, 6) is -0.0706. The highest BCUT2D eigenvalue weighted by Gasteiger charge is 2.26. The predicted octanol–water partition coefficient (Wildman–Crippen LogP) is 2.20. The Labute approximate surface area is 149 Å². The molecule has 1 aromatic heterocycles. The number of hydrogen-bond donors (Lipinski definition) is 1. The molecule has 0 radical (unpaired) electrons. The van der Waals surface area contributed by atoms with Crippen molar-refractivity contribution in [1.29, 1.82) is 0 Å². The second kappa shape index (κ2) is 7.58. The van der Waals surface area contributed by atoms with Crippen LogP contribution in [0.2, 0.25) is 0 Å². The van der Waals surface area contributed by atoms with Crippen LogP contribution < -0.4 is 10.2 Å². The van der Waals surface area contributed by atoms with Gasteiger partial charge in [0.1, 0.15) is 0 Å². The summed E-state index contributed by atoms with van der Waals surface area (Å²) in [7, 11) is 0. The van der Waals surface area contributed by atoms with Gasteiger partial charge >= 0.3 is 0 Å². The fraction of sp³-hybridized carbons (Fsp3) is 0.375. The minimum absolute atomic E-state index is 0.0706. The van der Waals surface area contributed by atoms with E-state index in [1.54, 1.807) is 18.3 Å². The van der Waals surface area contributed by atoms with E-state index in [0.717, 1.165) is 31.9 Å². The number of nitro groups is 1. The van der Waals surface area contributed by atoms with E-state index in [1.165, 1.54) is 17.4 Å². The van der Waals surface area contributed by atoms with Crippen molar-refractivity contribution in [3.8, 4) is 0 Å². The van der Waals surface area contributed by atoms with Crippen LogP contribution in [0.5, 0.6) is 0 Å². The van der Waals surface area contributed by atoms with Gasteiger partial charge in [-0.1, -0.05) is 6.07 Å². The van der Waals surface area contributed by atoms with E-state index in [9.17, 15) is 14.9 Å². The van der Waals surface area contributed by atoms with Crippen LogP contribution in [0.1, 0.15) is 6.92 Å². The number of aromatic nitrogens is 1. The molecule has 1 amide bonds. The van der Waals surface area contributed by atoms with Crippen LogP contribution >= 0.6 is 11.3 Å². The minimum atomic E-state index is -0.384. The average Bonchev–Trinajstić information content (AvgIpc) is 3.14. The maximum absolute atomic E-state index is 12.3. The van der Waals surface area contributed by atoms with Gasteiger partial charge in [-0.05, 0) is 13.0 Å². The van der Waals surface area contributed by atoms with E-state index in [0.29, 0.717) is 5.13 Å². The van der Waals surface area contributed by atoms with Crippen LogP contribution in [-0.4, -0.2) is 52.9 Å². The largest absolute Gasteiger partial charge is 0.369 e. The maximum atomic E-state index is 12.3. The third kappa shape index (κ3) is 4.12. The lowest BCUT2D eigenvalue weighted by molar-refractivity contribution is -0.384. The number of benzene rings is 1. The molecule has 0 unspecified atom stereocenters. The number of carbonyl (C=O) groups excluding carboxylic acids is 1. The van der Waals surface area contributed by atoms with Crippen LogP contribution in [0.3, 0.4) is 0 Å². The van der Waals surface area contributed by atoms with Gasteiger partial charge in [0.15, 0.2) is 5.13 Å². The number of anilines is 2. The molecule has 1 saturated heterocycles. The smallest absolute Gasteiger partial charge is 0.271 e. The lowest BCUT2D eigenvalue weighted by Crippen LogP contribution is -2.52. The fourth-order valence-corrected chi connectivity index (χ4v) is 3.36. The molecule has 2 aromatic rings. The number of piperazine rings is 1. The zero-order valence-corrected chi connectivity index (χ0v) is 14.6. The van der Waals surface area contributed by atoms with Gasteiger partial charge in [0.25, 0.3) is 5.69 Å². The molecule has 8 nitrogen and oxygen atoms in total. The Morgan fingerprint density at radius 3 is 2.76 bits per heavy atom. The summed E-state index contributed by atoms with van der Waals surface area (Å²) in [5, 5.41) is 16.2. The number of nitro benzene ring substituents is 1. The predicted molar refractivity (Wildman–Crippen MR) is 97.1 cm³/mol. The molecule has 1 atom stereocenters. The van der Waals surface area contributed by atoms with Crippen molar-refractivity contribution in [2.45, 2.75) is 13.0 Å². The molecule has 9 heteroatoms. The van der Waals surface area contributed by atoms with Crippen molar-refractivity contribution in [3.63, 3.8) is 0 Å². The highest BCUT2D eigenvalue weighted by Crippen LogP contribution is 2.22. The number of amides is 1. The number of nitrogens with zero attached hydrogens (tertiary/aromatic N) is 4. The molecule has 132 valence electrons. The molecular formula is C16H19N5O3S. The average molecular weight is 361 g/mol. The van der Waals surface area contributed by atoms with Gasteiger partial charge in [-0.25, -0.2) is 4.98 Å². The molecule has 1 aromatic carbocycles. The molecule has 3 rings (SSSR count). The Hall–Kier alpha value is -2.52. The summed E-state index contributed by atoms with van der Waals surface area (Å²) in [4.78, 5) is 31.1. The first-order valence-electron chi connectivity index (χ1n) is 7.98. The van der Waals surface area contributed by atoms with Gasteiger partial charge in [0, 0.05) is 55.6 Å². The van der Waals surface area contributed by atoms with Crippen LogP contribution in [-0.2, 0) is 4.79 Å². The summed E-state index contributed by atoms with van der Waals surface area (Å²) >= 11 is 1.39. The Bertz CT molecular complexity index is 744. The molecule has 25 heavy (non-hydrogen) atoms. The van der Waals surface area contributed by atoms with E-state index in [-0.39, 0.29) is 22.6 Å². The molecule has 0 spiro atoms. The summed E-state index contributed by atoms with van der Waals surface area (Å²) in [5.41, 5.74) is 0.935. The number of carbonyl (C=O) groups is 1. The molecule has 1 N–H and O–H groups in total. The van der Waals surface area contributed by atoms with E-state index in [1.807, 2.05) is 18.4 Å². The summed E-state index contributed by atoms with van der Waals surface area (Å²) in [6.07, 6.45) is 1.66. The van der Waals surface area contributed by atoms with Crippen LogP contribution in [0.15, 0.2) is 35.8 Å². The Morgan fingerprint density at radius 1 is 1.36 bits per heavy atom. The SMILES string of the molecule is C[C@@H](C(=O)Nc1nccs1)N1CCN(c2cccc([N+](=O)[O-])c2)CC1. The Morgan fingerprint density at radius 2 is 2.12 bits per heavy atom. The quantitative estimate of drug-likeness (QED) is 0.648. The van der Waals surface area contributed by atoms with Gasteiger partial charge in [-0.3, -0.25) is 19.8 Å². The fourth-order valence-electron chi connectivity index (χ4n) is 2.83. The second-order valence-corrected chi connectivity index (χ2v) is 6.70. The number of hydrogen-bond acceptors (Lipinski definition) is 7.